The maximum absolute atomic E-state index is 12.7. The van der Waals surface area contributed by atoms with Gasteiger partial charge in [0.1, 0.15) is 0 Å². The predicted molar refractivity (Wildman–Crippen MR) is 78.1 cm³/mol. The third-order valence-electron chi connectivity index (χ3n) is 3.31. The first-order chi connectivity index (χ1) is 9.91. The lowest BCUT2D eigenvalue weighted by Gasteiger charge is -2.21. The highest BCUT2D eigenvalue weighted by Crippen LogP contribution is 2.35. The lowest BCUT2D eigenvalue weighted by Crippen LogP contribution is -2.34. The van der Waals surface area contributed by atoms with E-state index >= 15 is 0 Å². The Kier molecular flexibility index (Phi) is 4.45. The van der Waals surface area contributed by atoms with Crippen LogP contribution in [0.1, 0.15) is 26.2 Å². The summed E-state index contributed by atoms with van der Waals surface area (Å²) in [5.41, 5.74) is 2.10. The van der Waals surface area contributed by atoms with Crippen molar-refractivity contribution in [1.29, 1.82) is 0 Å². The van der Waals surface area contributed by atoms with Gasteiger partial charge in [-0.2, -0.15) is 4.31 Å². The van der Waals surface area contributed by atoms with Crippen LogP contribution in [-0.4, -0.2) is 30.2 Å². The van der Waals surface area contributed by atoms with E-state index in [-0.39, 0.29) is 16.6 Å². The van der Waals surface area contributed by atoms with Gasteiger partial charge in [-0.1, -0.05) is 6.92 Å². The van der Waals surface area contributed by atoms with E-state index in [1.807, 2.05) is 6.92 Å². The van der Waals surface area contributed by atoms with Crippen molar-refractivity contribution >= 4 is 21.4 Å². The summed E-state index contributed by atoms with van der Waals surface area (Å²) in [5, 5.41) is 11.2. The number of nitrogens with zero attached hydrogens (tertiary/aromatic N) is 2. The summed E-state index contributed by atoms with van der Waals surface area (Å²) >= 11 is 0. The summed E-state index contributed by atoms with van der Waals surface area (Å²) in [4.78, 5) is 10.2. The molecule has 0 unspecified atom stereocenters. The quantitative estimate of drug-likeness (QED) is 0.446. The van der Waals surface area contributed by atoms with Crippen LogP contribution in [-0.2, 0) is 10.0 Å². The summed E-state index contributed by atoms with van der Waals surface area (Å²) in [6.07, 6.45) is 2.26. The molecule has 8 nitrogen and oxygen atoms in total. The van der Waals surface area contributed by atoms with E-state index in [0.29, 0.717) is 13.0 Å². The van der Waals surface area contributed by atoms with E-state index in [2.05, 4.69) is 5.43 Å². The molecule has 0 saturated heterocycles. The number of rotatable bonds is 7. The molecule has 0 aromatic heterocycles. The summed E-state index contributed by atoms with van der Waals surface area (Å²) in [6.45, 7) is 2.24. The van der Waals surface area contributed by atoms with Gasteiger partial charge in [0.2, 0.25) is 10.0 Å². The number of benzene rings is 1. The smallest absolute Gasteiger partial charge is 0.291 e. The molecule has 0 radical (unpaired) electrons. The minimum Gasteiger partial charge on any atom is -0.324 e. The van der Waals surface area contributed by atoms with Crippen molar-refractivity contribution < 1.29 is 13.3 Å². The standard InChI is InChI=1S/C12H18N4O4S/c1-2-7-15(10-4-5-10)21(19,20)12-6-3-9(14-13)8-11(12)16(17)18/h3,6,8,10,14H,2,4-5,7,13H2,1H3. The number of nitrogens with one attached hydrogen (secondary N) is 1. The van der Waals surface area contributed by atoms with Crippen LogP contribution in [0.15, 0.2) is 23.1 Å². The van der Waals surface area contributed by atoms with Crippen LogP contribution in [0, 0.1) is 10.1 Å². The Morgan fingerprint density at radius 3 is 2.62 bits per heavy atom. The van der Waals surface area contributed by atoms with Crippen LogP contribution in [0.3, 0.4) is 0 Å². The maximum Gasteiger partial charge on any atom is 0.291 e. The number of hydrogen-bond donors (Lipinski definition) is 2. The van der Waals surface area contributed by atoms with Gasteiger partial charge in [-0.15, -0.1) is 0 Å². The highest BCUT2D eigenvalue weighted by atomic mass is 32.2. The van der Waals surface area contributed by atoms with Gasteiger partial charge in [-0.25, -0.2) is 8.42 Å². The molecule has 1 aromatic carbocycles. The van der Waals surface area contributed by atoms with E-state index in [9.17, 15) is 18.5 Å². The first kappa shape index (κ1) is 15.7. The van der Waals surface area contributed by atoms with Gasteiger partial charge in [-0.05, 0) is 31.4 Å². The maximum atomic E-state index is 12.7. The minimum absolute atomic E-state index is 0.0399. The Balaban J connectivity index is 2.50. The predicted octanol–water partition coefficient (Wildman–Crippen LogP) is 1.44. The second-order valence-electron chi connectivity index (χ2n) is 4.93. The van der Waals surface area contributed by atoms with Crippen molar-refractivity contribution in [3.63, 3.8) is 0 Å². The van der Waals surface area contributed by atoms with Crippen LogP contribution in [0.5, 0.6) is 0 Å². The fourth-order valence-corrected chi connectivity index (χ4v) is 4.09. The zero-order valence-electron chi connectivity index (χ0n) is 11.7. The Bertz CT molecular complexity index is 643. The zero-order valence-corrected chi connectivity index (χ0v) is 12.5. The lowest BCUT2D eigenvalue weighted by molar-refractivity contribution is -0.387. The van der Waals surface area contributed by atoms with Gasteiger partial charge in [0.15, 0.2) is 4.90 Å². The Morgan fingerprint density at radius 2 is 2.14 bits per heavy atom. The van der Waals surface area contributed by atoms with Crippen LogP contribution in [0.2, 0.25) is 0 Å². The molecular weight excluding hydrogens is 296 g/mol. The molecule has 21 heavy (non-hydrogen) atoms. The highest BCUT2D eigenvalue weighted by Gasteiger charge is 2.40. The molecule has 1 aromatic rings. The van der Waals surface area contributed by atoms with Crippen molar-refractivity contribution in [3.05, 3.63) is 28.3 Å². The van der Waals surface area contributed by atoms with Crippen molar-refractivity contribution in [3.8, 4) is 0 Å². The molecule has 116 valence electrons. The molecule has 0 aliphatic heterocycles. The SMILES string of the molecule is CCCN(C1CC1)S(=O)(=O)c1ccc(NN)cc1[N+](=O)[O-]. The second kappa shape index (κ2) is 5.96. The molecule has 2 rings (SSSR count). The van der Waals surface area contributed by atoms with Crippen molar-refractivity contribution in [1.82, 2.24) is 4.31 Å². The van der Waals surface area contributed by atoms with Crippen LogP contribution < -0.4 is 11.3 Å². The number of hydrazine groups is 1. The van der Waals surface area contributed by atoms with Gasteiger partial charge in [0.05, 0.1) is 10.6 Å². The molecule has 1 aliphatic carbocycles. The summed E-state index contributed by atoms with van der Waals surface area (Å²) < 4.78 is 26.8. The van der Waals surface area contributed by atoms with Gasteiger partial charge in [0.25, 0.3) is 5.69 Å². The number of nitro benzene ring substituents is 1. The fourth-order valence-electron chi connectivity index (χ4n) is 2.18. The van der Waals surface area contributed by atoms with E-state index in [0.717, 1.165) is 18.9 Å². The van der Waals surface area contributed by atoms with Crippen molar-refractivity contribution in [2.24, 2.45) is 5.84 Å². The number of nitro groups is 1. The molecule has 1 fully saturated rings. The molecular formula is C12H18N4O4S. The number of anilines is 1. The highest BCUT2D eigenvalue weighted by molar-refractivity contribution is 7.89. The summed E-state index contributed by atoms with van der Waals surface area (Å²) in [5.74, 6) is 5.21. The minimum atomic E-state index is -3.88. The van der Waals surface area contributed by atoms with E-state index in [1.165, 1.54) is 16.4 Å². The lowest BCUT2D eigenvalue weighted by atomic mass is 10.3. The van der Waals surface area contributed by atoms with Crippen LogP contribution >= 0.6 is 0 Å². The number of nitrogen functional groups attached to an aromatic ring is 1. The second-order valence-corrected chi connectivity index (χ2v) is 6.79. The number of nitrogens with two attached hydrogens (primary N) is 1. The molecule has 1 aliphatic rings. The molecule has 0 bridgehead atoms. The first-order valence-electron chi connectivity index (χ1n) is 6.68. The largest absolute Gasteiger partial charge is 0.324 e. The zero-order chi connectivity index (χ0) is 15.6. The fraction of sp³-hybridized carbons (Fsp3) is 0.500. The van der Waals surface area contributed by atoms with Gasteiger partial charge >= 0.3 is 0 Å². The third kappa shape index (κ3) is 3.14. The Labute approximate surface area is 123 Å². The summed E-state index contributed by atoms with van der Waals surface area (Å²) in [7, 11) is -3.88. The topological polar surface area (TPSA) is 119 Å². The number of sulfonamides is 1. The van der Waals surface area contributed by atoms with Crippen molar-refractivity contribution in [2.75, 3.05) is 12.0 Å². The molecule has 9 heteroatoms. The van der Waals surface area contributed by atoms with E-state index in [4.69, 9.17) is 5.84 Å². The number of hydrogen-bond acceptors (Lipinski definition) is 6. The van der Waals surface area contributed by atoms with Gasteiger partial charge in [0, 0.05) is 18.7 Å². The molecule has 0 amide bonds. The van der Waals surface area contributed by atoms with E-state index < -0.39 is 20.6 Å². The molecule has 0 spiro atoms. The van der Waals surface area contributed by atoms with E-state index in [1.54, 1.807) is 0 Å². The Morgan fingerprint density at radius 1 is 1.48 bits per heavy atom. The molecule has 0 atom stereocenters. The van der Waals surface area contributed by atoms with Crippen LogP contribution in [0.25, 0.3) is 0 Å². The molecule has 1 saturated carbocycles. The third-order valence-corrected chi connectivity index (χ3v) is 5.31. The van der Waals surface area contributed by atoms with Crippen molar-refractivity contribution in [2.45, 2.75) is 37.1 Å². The normalized spacial score (nSPS) is 15.2. The monoisotopic (exact) mass is 314 g/mol. The molecule has 0 heterocycles. The Hall–Kier alpha value is -1.71. The van der Waals surface area contributed by atoms with Gasteiger partial charge < -0.3 is 5.43 Å². The summed E-state index contributed by atoms with van der Waals surface area (Å²) in [6, 6.07) is 3.73. The average molecular weight is 314 g/mol. The average Bonchev–Trinajstić information content (AvgIpc) is 3.28. The molecule has 3 N–H and O–H groups in total. The van der Waals surface area contributed by atoms with Crippen LogP contribution in [0.4, 0.5) is 11.4 Å². The van der Waals surface area contributed by atoms with Gasteiger partial charge in [-0.3, -0.25) is 16.0 Å². The first-order valence-corrected chi connectivity index (χ1v) is 8.12.